The number of nitrogens with zero attached hydrogens (tertiary/aromatic N) is 1. The second-order valence-corrected chi connectivity index (χ2v) is 9.64. The number of rotatable bonds is 3. The predicted molar refractivity (Wildman–Crippen MR) is 105 cm³/mol. The van der Waals surface area contributed by atoms with E-state index < -0.39 is 10.3 Å². The average molecular weight is 403 g/mol. The summed E-state index contributed by atoms with van der Waals surface area (Å²) < 4.78 is 33.1. The van der Waals surface area contributed by atoms with E-state index in [1.54, 1.807) is 12.1 Å². The van der Waals surface area contributed by atoms with Gasteiger partial charge >= 0.3 is 10.3 Å². The second kappa shape index (κ2) is 6.78. The molecular formula is C21H26N2O4S. The van der Waals surface area contributed by atoms with Crippen molar-refractivity contribution < 1.29 is 17.3 Å². The molecule has 0 spiro atoms. The Morgan fingerprint density at radius 2 is 2.04 bits per heavy atom. The molecule has 1 aromatic rings. The molecule has 2 saturated carbocycles. The summed E-state index contributed by atoms with van der Waals surface area (Å²) >= 11 is 0. The number of methoxy groups -OCH3 is 1. The van der Waals surface area contributed by atoms with Crippen LogP contribution in [0, 0.1) is 28.6 Å². The quantitative estimate of drug-likeness (QED) is 0.779. The van der Waals surface area contributed by atoms with Crippen LogP contribution in [0.25, 0.3) is 0 Å². The molecule has 0 aliphatic heterocycles. The Bertz CT molecular complexity index is 979. The van der Waals surface area contributed by atoms with E-state index in [2.05, 4.69) is 13.0 Å². The van der Waals surface area contributed by atoms with Crippen LogP contribution in [0.3, 0.4) is 0 Å². The molecule has 3 aliphatic carbocycles. The Morgan fingerprint density at radius 1 is 1.25 bits per heavy atom. The fourth-order valence-electron chi connectivity index (χ4n) is 6.09. The van der Waals surface area contributed by atoms with Crippen LogP contribution in [0.1, 0.15) is 56.1 Å². The van der Waals surface area contributed by atoms with Gasteiger partial charge in [0.2, 0.25) is 0 Å². The summed E-state index contributed by atoms with van der Waals surface area (Å²) in [7, 11) is -2.60. The maximum absolute atomic E-state index is 11.4. The standard InChI is InChI=1S/C21H26N2O4S/c1-21-9-7-15-16(18(21)6-4-14(21)8-10-22)5-3-13-11-20(27-28(23,24)25)19(26-2)12-17(13)15/h8,11-12,15-16,18H,3-7,9H2,1-2H3,(H2,23,24,25)/b14-8+/t15-,16+,18-,21+/m0/s1. The summed E-state index contributed by atoms with van der Waals surface area (Å²) in [5.74, 6) is 2.15. The maximum Gasteiger partial charge on any atom is 0.380 e. The fourth-order valence-corrected chi connectivity index (χ4v) is 6.47. The molecule has 0 radical (unpaired) electrons. The molecule has 3 aliphatic rings. The van der Waals surface area contributed by atoms with Crippen LogP contribution in [-0.4, -0.2) is 15.5 Å². The van der Waals surface area contributed by atoms with Crippen LogP contribution >= 0.6 is 0 Å². The van der Waals surface area contributed by atoms with Gasteiger partial charge in [0.25, 0.3) is 0 Å². The first-order valence-corrected chi connectivity index (χ1v) is 11.3. The number of ether oxygens (including phenoxy) is 1. The number of nitrogens with two attached hydrogens (primary N) is 1. The normalized spacial score (nSPS) is 32.8. The zero-order valence-corrected chi connectivity index (χ0v) is 17.1. The van der Waals surface area contributed by atoms with Crippen molar-refractivity contribution in [3.05, 3.63) is 34.9 Å². The molecule has 0 unspecified atom stereocenters. The van der Waals surface area contributed by atoms with Gasteiger partial charge in [0.05, 0.1) is 13.2 Å². The minimum absolute atomic E-state index is 0.134. The number of hydrogen-bond donors (Lipinski definition) is 1. The molecule has 6 nitrogen and oxygen atoms in total. The van der Waals surface area contributed by atoms with E-state index in [-0.39, 0.29) is 11.2 Å². The number of fused-ring (bicyclic) bond motifs is 5. The van der Waals surface area contributed by atoms with Crippen molar-refractivity contribution in [2.45, 2.75) is 51.4 Å². The highest BCUT2D eigenvalue weighted by atomic mass is 32.2. The van der Waals surface area contributed by atoms with E-state index in [0.717, 1.165) is 44.1 Å². The van der Waals surface area contributed by atoms with Gasteiger partial charge in [-0.1, -0.05) is 12.5 Å². The van der Waals surface area contributed by atoms with Crippen LogP contribution < -0.4 is 14.1 Å². The fraction of sp³-hybridized carbons (Fsp3) is 0.571. The summed E-state index contributed by atoms with van der Waals surface area (Å²) in [5, 5.41) is 14.2. The van der Waals surface area contributed by atoms with Crippen molar-refractivity contribution in [1.82, 2.24) is 0 Å². The Labute approximate surface area is 166 Å². The van der Waals surface area contributed by atoms with Crippen LogP contribution in [0.15, 0.2) is 23.8 Å². The lowest BCUT2D eigenvalue weighted by Gasteiger charge is -2.49. The molecule has 4 rings (SSSR count). The van der Waals surface area contributed by atoms with Gasteiger partial charge in [-0.05, 0) is 85.0 Å². The highest BCUT2D eigenvalue weighted by Crippen LogP contribution is 2.63. The molecule has 0 heterocycles. The van der Waals surface area contributed by atoms with Gasteiger partial charge in [-0.25, -0.2) is 0 Å². The van der Waals surface area contributed by atoms with Crippen molar-refractivity contribution in [2.24, 2.45) is 22.4 Å². The minimum atomic E-state index is -4.10. The van der Waals surface area contributed by atoms with Crippen molar-refractivity contribution in [3.63, 3.8) is 0 Å². The van der Waals surface area contributed by atoms with E-state index in [9.17, 15) is 8.42 Å². The van der Waals surface area contributed by atoms with E-state index in [1.807, 2.05) is 6.07 Å². The van der Waals surface area contributed by atoms with E-state index in [0.29, 0.717) is 23.5 Å². The van der Waals surface area contributed by atoms with Gasteiger partial charge in [-0.3, -0.25) is 0 Å². The van der Waals surface area contributed by atoms with Gasteiger partial charge in [0.15, 0.2) is 11.5 Å². The number of aryl methyl sites for hydroxylation is 1. The SMILES string of the molecule is COc1cc2c(cc1OS(N)(=O)=O)CC[C@@H]1[C@@H]2CC[C@]2(C)/C(=C/C#N)CC[C@@H]12. The maximum atomic E-state index is 11.4. The molecule has 2 fully saturated rings. The highest BCUT2D eigenvalue weighted by Gasteiger charge is 2.52. The lowest BCUT2D eigenvalue weighted by atomic mass is 9.55. The number of nitriles is 1. The molecule has 0 saturated heterocycles. The Hall–Kier alpha value is -2.04. The molecule has 4 atom stereocenters. The van der Waals surface area contributed by atoms with Crippen molar-refractivity contribution in [3.8, 4) is 17.6 Å². The topological polar surface area (TPSA) is 102 Å². The molecule has 0 bridgehead atoms. The summed E-state index contributed by atoms with van der Waals surface area (Å²) in [6.07, 6.45) is 8.02. The lowest BCUT2D eigenvalue weighted by molar-refractivity contribution is 0.0813. The summed E-state index contributed by atoms with van der Waals surface area (Å²) in [6, 6.07) is 5.96. The summed E-state index contributed by atoms with van der Waals surface area (Å²) in [5.41, 5.74) is 3.82. The van der Waals surface area contributed by atoms with E-state index >= 15 is 0 Å². The molecule has 0 aromatic heterocycles. The Balaban J connectivity index is 1.70. The minimum Gasteiger partial charge on any atom is -0.493 e. The molecule has 0 amide bonds. The number of hydrogen-bond acceptors (Lipinski definition) is 5. The number of allylic oxidation sites excluding steroid dienone is 2. The Kier molecular flexibility index (Phi) is 4.67. The van der Waals surface area contributed by atoms with Crippen LogP contribution in [-0.2, 0) is 16.7 Å². The van der Waals surface area contributed by atoms with Crippen LogP contribution in [0.4, 0.5) is 0 Å². The van der Waals surface area contributed by atoms with Crippen molar-refractivity contribution >= 4 is 10.3 Å². The summed E-state index contributed by atoms with van der Waals surface area (Å²) in [4.78, 5) is 0. The predicted octanol–water partition coefficient (Wildman–Crippen LogP) is 3.58. The first-order valence-electron chi connectivity index (χ1n) is 9.79. The second-order valence-electron chi connectivity index (χ2n) is 8.49. The zero-order valence-electron chi connectivity index (χ0n) is 16.3. The van der Waals surface area contributed by atoms with Gasteiger partial charge < -0.3 is 8.92 Å². The number of benzene rings is 1. The molecule has 7 heteroatoms. The average Bonchev–Trinajstić information content (AvgIpc) is 2.96. The monoisotopic (exact) mass is 402 g/mol. The smallest absolute Gasteiger partial charge is 0.380 e. The third-order valence-electron chi connectivity index (χ3n) is 7.30. The van der Waals surface area contributed by atoms with Crippen LogP contribution in [0.2, 0.25) is 0 Å². The molecule has 28 heavy (non-hydrogen) atoms. The molecular weight excluding hydrogens is 376 g/mol. The molecule has 150 valence electrons. The molecule has 1 aromatic carbocycles. The van der Waals surface area contributed by atoms with Gasteiger partial charge in [0.1, 0.15) is 0 Å². The van der Waals surface area contributed by atoms with Gasteiger partial charge in [0, 0.05) is 6.08 Å². The third kappa shape index (κ3) is 3.09. The van der Waals surface area contributed by atoms with Crippen molar-refractivity contribution in [2.75, 3.05) is 7.11 Å². The van der Waals surface area contributed by atoms with Crippen LogP contribution in [0.5, 0.6) is 11.5 Å². The van der Waals surface area contributed by atoms with Gasteiger partial charge in [-0.15, -0.1) is 0 Å². The van der Waals surface area contributed by atoms with E-state index in [1.165, 1.54) is 18.2 Å². The molecule has 2 N–H and O–H groups in total. The third-order valence-corrected chi connectivity index (χ3v) is 7.71. The Morgan fingerprint density at radius 3 is 2.71 bits per heavy atom. The first-order chi connectivity index (χ1) is 13.3. The first kappa shape index (κ1) is 19.3. The van der Waals surface area contributed by atoms with Gasteiger partial charge in [-0.2, -0.15) is 18.8 Å². The lowest BCUT2D eigenvalue weighted by Crippen LogP contribution is -2.40. The highest BCUT2D eigenvalue weighted by molar-refractivity contribution is 7.84. The van der Waals surface area contributed by atoms with Crippen molar-refractivity contribution in [1.29, 1.82) is 5.26 Å². The zero-order chi connectivity index (χ0) is 20.1. The van der Waals surface area contributed by atoms with E-state index in [4.69, 9.17) is 19.3 Å². The largest absolute Gasteiger partial charge is 0.493 e. The summed E-state index contributed by atoms with van der Waals surface area (Å²) in [6.45, 7) is 2.34.